The molecule has 12 heteroatoms. The number of halogens is 3. The third-order valence-corrected chi connectivity index (χ3v) is 5.06. The van der Waals surface area contributed by atoms with Gasteiger partial charge < -0.3 is 14.8 Å². The number of hydrazone groups is 1. The van der Waals surface area contributed by atoms with Gasteiger partial charge in [-0.05, 0) is 37.8 Å². The lowest BCUT2D eigenvalue weighted by Crippen LogP contribution is -2.16. The Morgan fingerprint density at radius 3 is 2.55 bits per heavy atom. The largest absolute Gasteiger partial charge is 0.495 e. The van der Waals surface area contributed by atoms with E-state index in [0.29, 0.717) is 19.1 Å². The molecule has 1 fully saturated rings. The average Bonchev–Trinajstić information content (AvgIpc) is 3.57. The highest BCUT2D eigenvalue weighted by Gasteiger charge is 2.36. The fourth-order valence-electron chi connectivity index (χ4n) is 2.34. The third-order valence-electron chi connectivity index (χ3n) is 4.09. The lowest BCUT2D eigenvalue weighted by molar-refractivity contribution is -0.145. The minimum Gasteiger partial charge on any atom is -0.495 e. The number of nitrogens with zero attached hydrogens (tertiary/aromatic N) is 4. The number of thioether (sulfide) groups is 1. The van der Waals surface area contributed by atoms with Crippen LogP contribution in [0.1, 0.15) is 25.6 Å². The van der Waals surface area contributed by atoms with E-state index < -0.39 is 12.0 Å². The highest BCUT2D eigenvalue weighted by Crippen LogP contribution is 2.31. The van der Waals surface area contributed by atoms with Crippen LogP contribution in [0.25, 0.3) is 0 Å². The summed E-state index contributed by atoms with van der Waals surface area (Å²) in [7, 11) is 1.62. The Bertz CT molecular complexity index is 923. The molecule has 8 nitrogen and oxygen atoms in total. The number of aromatic nitrogens is 3. The van der Waals surface area contributed by atoms with Gasteiger partial charge >= 0.3 is 6.18 Å². The van der Waals surface area contributed by atoms with Gasteiger partial charge in [0.1, 0.15) is 16.6 Å². The lowest BCUT2D eigenvalue weighted by Gasteiger charge is -2.12. The summed E-state index contributed by atoms with van der Waals surface area (Å²) in [5.74, 6) is 0.0241. The Labute approximate surface area is 194 Å². The van der Waals surface area contributed by atoms with Crippen molar-refractivity contribution in [2.75, 3.05) is 25.6 Å². The topological polar surface area (TPSA) is 93.6 Å². The van der Waals surface area contributed by atoms with Gasteiger partial charge in [0.05, 0.1) is 31.8 Å². The molecule has 33 heavy (non-hydrogen) atoms. The Hall–Kier alpha value is -3.20. The molecule has 0 bridgehead atoms. The normalized spacial score (nSPS) is 16.7. The van der Waals surface area contributed by atoms with E-state index in [1.807, 2.05) is 19.1 Å². The van der Waals surface area contributed by atoms with Crippen LogP contribution in [0, 0.1) is 18.8 Å². The molecule has 2 aromatic rings. The van der Waals surface area contributed by atoms with Gasteiger partial charge in [-0.15, -0.1) is 12.8 Å². The third kappa shape index (κ3) is 9.44. The van der Waals surface area contributed by atoms with E-state index >= 15 is 0 Å². The molecule has 1 saturated carbocycles. The van der Waals surface area contributed by atoms with Crippen molar-refractivity contribution < 1.29 is 22.6 Å². The fourth-order valence-corrected chi connectivity index (χ4v) is 3.11. The van der Waals surface area contributed by atoms with Gasteiger partial charge in [-0.2, -0.15) is 23.3 Å². The molecule has 1 aliphatic carbocycles. The number of methoxy groups -OCH3 is 1. The van der Waals surface area contributed by atoms with Gasteiger partial charge in [0.2, 0.25) is 11.7 Å². The first kappa shape index (κ1) is 26.1. The predicted octanol–water partition coefficient (Wildman–Crippen LogP) is 4.03. The van der Waals surface area contributed by atoms with Crippen molar-refractivity contribution >= 4 is 22.6 Å². The first-order valence-corrected chi connectivity index (χ1v) is 10.8. The molecule has 178 valence electrons. The summed E-state index contributed by atoms with van der Waals surface area (Å²) in [5.41, 5.74) is 2.87. The molecule has 4 rings (SSSR count). The van der Waals surface area contributed by atoms with Crippen LogP contribution in [0.4, 0.5) is 19.0 Å². The number of pyridine rings is 1. The van der Waals surface area contributed by atoms with Crippen LogP contribution in [-0.4, -0.2) is 45.6 Å². The molecule has 2 aromatic heterocycles. The minimum atomic E-state index is -4.62. The molecule has 1 atom stereocenters. The molecule has 0 amide bonds. The molecule has 0 aromatic carbocycles. The maximum Gasteiger partial charge on any atom is 0.451 e. The van der Waals surface area contributed by atoms with Crippen molar-refractivity contribution in [1.82, 2.24) is 20.4 Å². The van der Waals surface area contributed by atoms with E-state index in [1.165, 1.54) is 17.8 Å². The maximum atomic E-state index is 12.9. The molecule has 0 spiro atoms. The summed E-state index contributed by atoms with van der Waals surface area (Å²) in [6.45, 7) is 2.62. The lowest BCUT2D eigenvalue weighted by atomic mass is 10.4. The smallest absolute Gasteiger partial charge is 0.451 e. The number of ether oxygens (including phenoxy) is 2. The Kier molecular flexibility index (Phi) is 10.1. The van der Waals surface area contributed by atoms with Crippen LogP contribution in [0.15, 0.2) is 35.7 Å². The van der Waals surface area contributed by atoms with E-state index in [0.717, 1.165) is 23.6 Å². The Morgan fingerprint density at radius 1 is 1.27 bits per heavy atom. The molecule has 1 unspecified atom stereocenters. The van der Waals surface area contributed by atoms with Crippen LogP contribution in [0.5, 0.6) is 11.6 Å². The second kappa shape index (κ2) is 12.7. The standard InChI is InChI=1S/C13H16F3N5OS.C6H7NO.C2H2/c1-7-20-21-11(23-7)5-17-9-4-10(22-6-8-2-3-8)19-12(18-9)13(14,15)16;1-8-6-3-2-4-7-5-6;1-2/h4,7-8,20H,2-3,5-6H2,1H3,(H,17,18,19);2-5H,1H3;1-2H. The Balaban J connectivity index is 0.000000323. The van der Waals surface area contributed by atoms with Crippen molar-refractivity contribution in [3.8, 4) is 24.5 Å². The summed E-state index contributed by atoms with van der Waals surface area (Å²) in [6, 6.07) is 5.07. The number of rotatable bonds is 7. The highest BCUT2D eigenvalue weighted by molar-refractivity contribution is 8.14. The Morgan fingerprint density at radius 2 is 2.03 bits per heavy atom. The summed E-state index contributed by atoms with van der Waals surface area (Å²) < 4.78 is 48.9. The first-order valence-electron chi connectivity index (χ1n) is 9.92. The molecular formula is C21H25F3N6O2S. The highest BCUT2D eigenvalue weighted by atomic mass is 32.2. The molecule has 3 heterocycles. The van der Waals surface area contributed by atoms with Crippen LogP contribution in [0.3, 0.4) is 0 Å². The van der Waals surface area contributed by atoms with Crippen molar-refractivity contribution in [3.05, 3.63) is 36.4 Å². The van der Waals surface area contributed by atoms with E-state index in [2.05, 4.69) is 43.6 Å². The predicted molar refractivity (Wildman–Crippen MR) is 122 cm³/mol. The zero-order chi connectivity index (χ0) is 24.3. The van der Waals surface area contributed by atoms with Crippen LogP contribution >= 0.6 is 11.8 Å². The van der Waals surface area contributed by atoms with E-state index in [4.69, 9.17) is 9.47 Å². The van der Waals surface area contributed by atoms with Gasteiger partial charge in [-0.25, -0.2) is 4.98 Å². The van der Waals surface area contributed by atoms with Gasteiger partial charge in [0.25, 0.3) is 0 Å². The quantitative estimate of drug-likeness (QED) is 0.572. The molecule has 1 aliphatic heterocycles. The van der Waals surface area contributed by atoms with Gasteiger partial charge in [0, 0.05) is 12.3 Å². The monoisotopic (exact) mass is 482 g/mol. The zero-order valence-corrected chi connectivity index (χ0v) is 19.0. The summed E-state index contributed by atoms with van der Waals surface area (Å²) in [6.07, 6.45) is 8.85. The van der Waals surface area contributed by atoms with Crippen LogP contribution in [0.2, 0.25) is 0 Å². The van der Waals surface area contributed by atoms with Gasteiger partial charge in [-0.1, -0.05) is 11.8 Å². The molecule has 2 N–H and O–H groups in total. The zero-order valence-electron chi connectivity index (χ0n) is 18.2. The summed E-state index contributed by atoms with van der Waals surface area (Å²) in [5, 5.41) is 7.81. The number of nitrogens with one attached hydrogen (secondary N) is 2. The number of hydrogen-bond donors (Lipinski definition) is 2. The summed E-state index contributed by atoms with van der Waals surface area (Å²) >= 11 is 1.50. The average molecular weight is 483 g/mol. The van der Waals surface area contributed by atoms with Gasteiger partial charge in [-0.3, -0.25) is 10.4 Å². The van der Waals surface area contributed by atoms with Crippen molar-refractivity contribution in [3.63, 3.8) is 0 Å². The number of hydrogen-bond acceptors (Lipinski definition) is 9. The van der Waals surface area contributed by atoms with Crippen molar-refractivity contribution in [1.29, 1.82) is 0 Å². The summed E-state index contributed by atoms with van der Waals surface area (Å²) in [4.78, 5) is 10.8. The maximum absolute atomic E-state index is 12.9. The molecular weight excluding hydrogens is 457 g/mol. The van der Waals surface area contributed by atoms with E-state index in [9.17, 15) is 13.2 Å². The van der Waals surface area contributed by atoms with Crippen molar-refractivity contribution in [2.24, 2.45) is 11.0 Å². The van der Waals surface area contributed by atoms with E-state index in [-0.39, 0.29) is 17.1 Å². The number of anilines is 1. The van der Waals surface area contributed by atoms with E-state index in [1.54, 1.807) is 19.5 Å². The van der Waals surface area contributed by atoms with Crippen molar-refractivity contribution in [2.45, 2.75) is 31.3 Å². The molecule has 0 saturated heterocycles. The van der Waals surface area contributed by atoms with Gasteiger partial charge in [0.15, 0.2) is 0 Å². The molecule has 0 radical (unpaired) electrons. The SMILES string of the molecule is C#C.CC1NN=C(CNc2cc(OCC3CC3)nc(C(F)(F)F)n2)S1.COc1cccnc1. The number of alkyl halides is 3. The number of terminal acetylenes is 1. The van der Waals surface area contributed by atoms with Crippen LogP contribution in [-0.2, 0) is 6.18 Å². The van der Waals surface area contributed by atoms with Crippen LogP contribution < -0.4 is 20.2 Å². The second-order valence-corrected chi connectivity index (χ2v) is 8.22. The first-order chi connectivity index (χ1) is 15.8. The molecule has 2 aliphatic rings. The second-order valence-electron chi connectivity index (χ2n) is 6.81. The fraction of sp³-hybridized carbons (Fsp3) is 0.429. The minimum absolute atomic E-state index is 0.0609.